The van der Waals surface area contributed by atoms with E-state index >= 15 is 0 Å². The maximum Gasteiger partial charge on any atom is 0.336 e. The van der Waals surface area contributed by atoms with Crippen LogP contribution in [-0.4, -0.2) is 62.8 Å². The second-order valence-electron chi connectivity index (χ2n) is 5.83. The van der Waals surface area contributed by atoms with E-state index in [1.54, 1.807) is 0 Å². The molecule has 0 saturated heterocycles. The van der Waals surface area contributed by atoms with Crippen LogP contribution in [0.2, 0.25) is 0 Å². The molecule has 0 aliphatic heterocycles. The number of hydrogen-bond acceptors (Lipinski definition) is 7. The van der Waals surface area contributed by atoms with E-state index in [9.17, 15) is 23.1 Å². The molecule has 0 unspecified atom stereocenters. The number of hydrogen-bond donors (Lipinski definition) is 1. The van der Waals surface area contributed by atoms with Gasteiger partial charge in [-0.2, -0.15) is 21.9 Å². The van der Waals surface area contributed by atoms with E-state index in [-0.39, 0.29) is 28.1 Å². The Bertz CT molecular complexity index is 1160. The van der Waals surface area contributed by atoms with E-state index < -0.39 is 22.0 Å². The van der Waals surface area contributed by atoms with Gasteiger partial charge in [0.15, 0.2) is 5.78 Å². The number of carboxylic acids is 1. The Hall–Kier alpha value is -3.44. The molecular formula is C17H15N5O5S. The Kier molecular flexibility index (Phi) is 5.03. The zero-order chi connectivity index (χ0) is 20.5. The second kappa shape index (κ2) is 7.29. The highest BCUT2D eigenvalue weighted by molar-refractivity contribution is 7.87. The van der Waals surface area contributed by atoms with Gasteiger partial charge in [-0.25, -0.2) is 14.8 Å². The third-order valence-corrected chi connectivity index (χ3v) is 5.45. The summed E-state index contributed by atoms with van der Waals surface area (Å²) >= 11 is 0. The van der Waals surface area contributed by atoms with Gasteiger partial charge in [0.2, 0.25) is 0 Å². The Morgan fingerprint density at radius 2 is 1.75 bits per heavy atom. The molecule has 1 aromatic carbocycles. The Balaban J connectivity index is 2.24. The molecule has 0 aliphatic carbocycles. The minimum atomic E-state index is -4.00. The molecule has 0 aliphatic rings. The lowest BCUT2D eigenvalue weighted by Gasteiger charge is -2.10. The van der Waals surface area contributed by atoms with Crippen molar-refractivity contribution >= 4 is 22.0 Å². The van der Waals surface area contributed by atoms with Gasteiger partial charge in [-0.05, 0) is 12.1 Å². The molecule has 0 fully saturated rings. The standard InChI is InChI=1S/C17H15N5O5S/c1-21(2)28(26,27)22-9-13(15(20-22)14-7-8-18-10-19-14)16(23)11-5-3-4-6-12(11)17(24)25/h3-10H,1-2H3,(H,24,25). The van der Waals surface area contributed by atoms with Gasteiger partial charge < -0.3 is 5.11 Å². The van der Waals surface area contributed by atoms with E-state index in [2.05, 4.69) is 15.1 Å². The maximum atomic E-state index is 13.1. The Labute approximate surface area is 160 Å². The first-order valence-electron chi connectivity index (χ1n) is 7.89. The van der Waals surface area contributed by atoms with Gasteiger partial charge in [0.1, 0.15) is 12.0 Å². The van der Waals surface area contributed by atoms with E-state index in [4.69, 9.17) is 0 Å². The first-order valence-corrected chi connectivity index (χ1v) is 9.29. The number of carboxylic acid groups (broad SMARTS) is 1. The van der Waals surface area contributed by atoms with E-state index in [1.807, 2.05) is 0 Å². The lowest BCUT2D eigenvalue weighted by atomic mass is 9.98. The smallest absolute Gasteiger partial charge is 0.336 e. The summed E-state index contributed by atoms with van der Waals surface area (Å²) in [4.78, 5) is 32.4. The molecule has 28 heavy (non-hydrogen) atoms. The fourth-order valence-electron chi connectivity index (χ4n) is 2.44. The van der Waals surface area contributed by atoms with Crippen LogP contribution in [-0.2, 0) is 10.2 Å². The fourth-order valence-corrected chi connectivity index (χ4v) is 3.20. The predicted molar refractivity (Wildman–Crippen MR) is 98.1 cm³/mol. The number of ketones is 1. The van der Waals surface area contributed by atoms with Crippen LogP contribution in [0.25, 0.3) is 11.4 Å². The molecule has 0 saturated carbocycles. The van der Waals surface area contributed by atoms with Gasteiger partial charge in [-0.15, -0.1) is 0 Å². The van der Waals surface area contributed by atoms with Crippen molar-refractivity contribution < 1.29 is 23.1 Å². The van der Waals surface area contributed by atoms with Crippen molar-refractivity contribution in [3.63, 3.8) is 0 Å². The molecule has 2 aromatic heterocycles. The molecule has 3 rings (SSSR count). The van der Waals surface area contributed by atoms with Crippen LogP contribution in [0.4, 0.5) is 0 Å². The molecule has 10 nitrogen and oxygen atoms in total. The minimum Gasteiger partial charge on any atom is -0.478 e. The van der Waals surface area contributed by atoms with Crippen LogP contribution in [0, 0.1) is 0 Å². The summed E-state index contributed by atoms with van der Waals surface area (Å²) < 4.78 is 26.5. The fraction of sp³-hybridized carbons (Fsp3) is 0.118. The van der Waals surface area contributed by atoms with E-state index in [0.717, 1.165) is 10.5 Å². The van der Waals surface area contributed by atoms with E-state index in [1.165, 1.54) is 57.0 Å². The SMILES string of the molecule is CN(C)S(=O)(=O)n1cc(C(=O)c2ccccc2C(=O)O)c(-c2ccncn2)n1. The summed E-state index contributed by atoms with van der Waals surface area (Å²) in [6, 6.07) is 7.12. The lowest BCUT2D eigenvalue weighted by Crippen LogP contribution is -2.29. The summed E-state index contributed by atoms with van der Waals surface area (Å²) in [5.41, 5.74) is -0.175. The minimum absolute atomic E-state index is 0.00184. The van der Waals surface area contributed by atoms with Crippen molar-refractivity contribution in [3.8, 4) is 11.4 Å². The maximum absolute atomic E-state index is 13.1. The van der Waals surface area contributed by atoms with Crippen LogP contribution in [0.3, 0.4) is 0 Å². The van der Waals surface area contributed by atoms with Crippen LogP contribution in [0.1, 0.15) is 26.3 Å². The average Bonchev–Trinajstić information content (AvgIpc) is 3.14. The van der Waals surface area contributed by atoms with Crippen molar-refractivity contribution in [3.05, 3.63) is 65.7 Å². The molecule has 1 N–H and O–H groups in total. The van der Waals surface area contributed by atoms with Crippen molar-refractivity contribution in [1.82, 2.24) is 23.5 Å². The second-order valence-corrected chi connectivity index (χ2v) is 7.83. The highest BCUT2D eigenvalue weighted by Crippen LogP contribution is 2.25. The number of aromatic nitrogens is 4. The molecule has 2 heterocycles. The summed E-state index contributed by atoms with van der Waals surface area (Å²) in [6.45, 7) is 0. The summed E-state index contributed by atoms with van der Waals surface area (Å²) in [7, 11) is -1.36. The molecule has 0 atom stereocenters. The monoisotopic (exact) mass is 401 g/mol. The first kappa shape index (κ1) is 19.3. The topological polar surface area (TPSA) is 135 Å². The first-order chi connectivity index (χ1) is 13.2. The highest BCUT2D eigenvalue weighted by Gasteiger charge is 2.27. The quantitative estimate of drug-likeness (QED) is 0.603. The van der Waals surface area contributed by atoms with Crippen molar-refractivity contribution in [2.75, 3.05) is 14.1 Å². The zero-order valence-electron chi connectivity index (χ0n) is 14.8. The van der Waals surface area contributed by atoms with E-state index in [0.29, 0.717) is 4.09 Å². The molecule has 144 valence electrons. The van der Waals surface area contributed by atoms with Crippen LogP contribution < -0.4 is 0 Å². The number of benzene rings is 1. The van der Waals surface area contributed by atoms with Gasteiger partial charge in [-0.3, -0.25) is 4.79 Å². The molecule has 0 spiro atoms. The third kappa shape index (κ3) is 3.40. The molecular weight excluding hydrogens is 386 g/mol. The van der Waals surface area contributed by atoms with Gasteiger partial charge >= 0.3 is 16.2 Å². The van der Waals surface area contributed by atoms with Gasteiger partial charge in [0.25, 0.3) is 0 Å². The Morgan fingerprint density at radius 1 is 1.07 bits per heavy atom. The van der Waals surface area contributed by atoms with Crippen molar-refractivity contribution in [1.29, 1.82) is 0 Å². The molecule has 3 aromatic rings. The number of carbonyl (C=O) groups is 2. The summed E-state index contributed by atoms with van der Waals surface area (Å²) in [6.07, 6.45) is 3.70. The number of rotatable bonds is 6. The third-order valence-electron chi connectivity index (χ3n) is 3.86. The van der Waals surface area contributed by atoms with Crippen molar-refractivity contribution in [2.45, 2.75) is 0 Å². The Morgan fingerprint density at radius 3 is 2.32 bits per heavy atom. The molecule has 0 radical (unpaired) electrons. The highest BCUT2D eigenvalue weighted by atomic mass is 32.2. The molecule has 11 heteroatoms. The van der Waals surface area contributed by atoms with Gasteiger partial charge in [0.05, 0.1) is 23.0 Å². The van der Waals surface area contributed by atoms with Gasteiger partial charge in [-0.1, -0.05) is 18.2 Å². The average molecular weight is 401 g/mol. The summed E-state index contributed by atoms with van der Waals surface area (Å²) in [5.74, 6) is -1.97. The number of nitrogens with zero attached hydrogens (tertiary/aromatic N) is 5. The molecule has 0 bridgehead atoms. The predicted octanol–water partition coefficient (Wildman–Crippen LogP) is 0.924. The van der Waals surface area contributed by atoms with Gasteiger partial charge in [0, 0.05) is 25.9 Å². The van der Waals surface area contributed by atoms with Crippen LogP contribution in [0.5, 0.6) is 0 Å². The number of aromatic carboxylic acids is 1. The largest absolute Gasteiger partial charge is 0.478 e. The van der Waals surface area contributed by atoms with Crippen molar-refractivity contribution in [2.24, 2.45) is 0 Å². The lowest BCUT2D eigenvalue weighted by molar-refractivity contribution is 0.0692. The summed E-state index contributed by atoms with van der Waals surface area (Å²) in [5, 5.41) is 13.4. The normalized spacial score (nSPS) is 11.5. The van der Waals surface area contributed by atoms with Crippen LogP contribution in [0.15, 0.2) is 49.1 Å². The molecule has 0 amide bonds. The zero-order valence-corrected chi connectivity index (χ0v) is 15.7. The number of carbonyl (C=O) groups excluding carboxylic acids is 1. The van der Waals surface area contributed by atoms with Crippen LogP contribution >= 0.6 is 0 Å².